The van der Waals surface area contributed by atoms with E-state index >= 15 is 4.39 Å². The summed E-state index contributed by atoms with van der Waals surface area (Å²) in [6.45, 7) is 13.9. The van der Waals surface area contributed by atoms with Crippen molar-refractivity contribution in [3.05, 3.63) is 60.1 Å². The van der Waals surface area contributed by atoms with Gasteiger partial charge in [-0.3, -0.25) is 19.0 Å². The van der Waals surface area contributed by atoms with Gasteiger partial charge < -0.3 is 24.8 Å². The number of aliphatic hydroxyl groups is 1. The molecule has 0 saturated carbocycles. The van der Waals surface area contributed by atoms with Gasteiger partial charge in [0, 0.05) is 62.1 Å². The monoisotopic (exact) mass is 779 g/mol. The van der Waals surface area contributed by atoms with Crippen LogP contribution >= 0.6 is 11.9 Å². The molecule has 1 aliphatic rings. The molecule has 1 aliphatic heterocycles. The summed E-state index contributed by atoms with van der Waals surface area (Å²) in [7, 11) is 0. The van der Waals surface area contributed by atoms with Crippen LogP contribution in [0.25, 0.3) is 11.3 Å². The second-order valence-electron chi connectivity index (χ2n) is 14.3. The first-order valence-electron chi connectivity index (χ1n) is 17.2. The zero-order valence-corrected chi connectivity index (χ0v) is 31.5. The number of aromatic nitrogens is 7. The van der Waals surface area contributed by atoms with E-state index in [1.54, 1.807) is 29.5 Å². The molecule has 4 heterocycles. The Morgan fingerprint density at radius 1 is 1.02 bits per heavy atom. The third-order valence-corrected chi connectivity index (χ3v) is 8.62. The van der Waals surface area contributed by atoms with Gasteiger partial charge in [-0.05, 0) is 64.8 Å². The lowest BCUT2D eigenvalue weighted by molar-refractivity contribution is -0.137. The van der Waals surface area contributed by atoms with E-state index in [2.05, 4.69) is 40.3 Å². The van der Waals surface area contributed by atoms with E-state index in [1.165, 1.54) is 41.2 Å². The third-order valence-electron chi connectivity index (χ3n) is 7.78. The first-order chi connectivity index (χ1) is 25.4. The number of hydrogen-bond donors (Lipinski definition) is 3. The largest absolute Gasteiger partial charge is 0.444 e. The first-order valence-corrected chi connectivity index (χ1v) is 18.1. The number of nitrogens with zero attached hydrogens (tertiary/aromatic N) is 9. The first kappa shape index (κ1) is 40.8. The minimum Gasteiger partial charge on any atom is -0.444 e. The van der Waals surface area contributed by atoms with Gasteiger partial charge in [-0.2, -0.15) is 18.3 Å². The Hall–Kier alpha value is -4.37. The van der Waals surface area contributed by atoms with Crippen molar-refractivity contribution in [1.29, 1.82) is 0 Å². The number of amides is 1. The molecule has 0 bridgehead atoms. The Morgan fingerprint density at radius 3 is 2.46 bits per heavy atom. The van der Waals surface area contributed by atoms with E-state index in [1.807, 2.05) is 27.0 Å². The molecule has 54 heavy (non-hydrogen) atoms. The summed E-state index contributed by atoms with van der Waals surface area (Å²) >= 11 is 1.19. The summed E-state index contributed by atoms with van der Waals surface area (Å²) < 4.78 is 73.8. The van der Waals surface area contributed by atoms with Gasteiger partial charge in [0.2, 0.25) is 5.95 Å². The van der Waals surface area contributed by atoms with Gasteiger partial charge in [0.25, 0.3) is 0 Å². The van der Waals surface area contributed by atoms with Gasteiger partial charge in [0.15, 0.2) is 0 Å². The maximum Gasteiger partial charge on any atom is 0.419 e. The molecule has 0 unspecified atom stereocenters. The van der Waals surface area contributed by atoms with Gasteiger partial charge in [-0.1, -0.05) is 5.21 Å². The van der Waals surface area contributed by atoms with Crippen molar-refractivity contribution in [3.8, 4) is 11.3 Å². The van der Waals surface area contributed by atoms with Crippen LogP contribution in [0.2, 0.25) is 0 Å². The quantitative estimate of drug-likeness (QED) is 0.0844. The molecule has 1 saturated heterocycles. The number of halogens is 4. The molecule has 0 spiro atoms. The van der Waals surface area contributed by atoms with Crippen LogP contribution in [-0.4, -0.2) is 113 Å². The topological polar surface area (TPSA) is 161 Å². The summed E-state index contributed by atoms with van der Waals surface area (Å²) in [5.41, 5.74) is -2.45. The second-order valence-corrected chi connectivity index (χ2v) is 15.3. The van der Waals surface area contributed by atoms with Gasteiger partial charge in [-0.25, -0.2) is 19.2 Å². The number of nitrogens with one attached hydrogen (secondary N) is 2. The highest BCUT2D eigenvalue weighted by Gasteiger charge is 2.36. The van der Waals surface area contributed by atoms with Crippen LogP contribution in [0.4, 0.5) is 34.0 Å². The highest BCUT2D eigenvalue weighted by Crippen LogP contribution is 2.36. The number of carbonyl (C=O) groups excluding carboxylic acids is 1. The summed E-state index contributed by atoms with van der Waals surface area (Å²) in [6, 6.07) is 4.34. The Morgan fingerprint density at radius 2 is 1.78 bits per heavy atom. The highest BCUT2D eigenvalue weighted by molar-refractivity contribution is 7.97. The number of alkyl halides is 3. The molecule has 4 aromatic rings. The molecule has 1 aromatic carbocycles. The second kappa shape index (κ2) is 17.4. The number of benzene rings is 1. The average molecular weight is 780 g/mol. The smallest absolute Gasteiger partial charge is 0.419 e. The molecule has 0 aliphatic carbocycles. The lowest BCUT2D eigenvalue weighted by Gasteiger charge is -2.35. The predicted octanol–water partition coefficient (Wildman–Crippen LogP) is 4.97. The molecule has 3 aromatic heterocycles. The molecule has 5 rings (SSSR count). The number of piperazine rings is 1. The third kappa shape index (κ3) is 12.3. The van der Waals surface area contributed by atoms with E-state index in [0.717, 1.165) is 19.6 Å². The Kier molecular flexibility index (Phi) is 13.1. The lowest BCUT2D eigenvalue weighted by atomic mass is 10.1. The van der Waals surface area contributed by atoms with Crippen LogP contribution in [0.15, 0.2) is 47.9 Å². The zero-order chi connectivity index (χ0) is 39.1. The van der Waals surface area contributed by atoms with Crippen molar-refractivity contribution in [1.82, 2.24) is 49.3 Å². The number of ether oxygens (including phenoxy) is 2. The summed E-state index contributed by atoms with van der Waals surface area (Å²) in [5, 5.41) is 25.1. The molecule has 15 nitrogen and oxygen atoms in total. The minimum absolute atomic E-state index is 0.0278. The van der Waals surface area contributed by atoms with Crippen LogP contribution in [0.3, 0.4) is 0 Å². The van der Waals surface area contributed by atoms with E-state index < -0.39 is 34.5 Å². The van der Waals surface area contributed by atoms with Crippen LogP contribution in [-0.2, 0) is 35.3 Å². The van der Waals surface area contributed by atoms with Crippen molar-refractivity contribution in [2.45, 2.75) is 76.6 Å². The molecule has 1 amide bonds. The maximum absolute atomic E-state index is 15.0. The van der Waals surface area contributed by atoms with E-state index in [0.29, 0.717) is 49.6 Å². The maximum atomic E-state index is 15.0. The van der Waals surface area contributed by atoms with E-state index in [-0.39, 0.29) is 36.4 Å². The standard InChI is InChI=1S/C34H45F4N11O4S/c1-32(2,3)53-31(50)47-12-9-46(10-13-47)11-14-48-20-24(44-45-48)21-52-15-8-41-54-25-6-7-28(27(35)16-25)42-30-39-18-26(34(36,37)38)29(43-30)23-17-40-49(19-23)22-33(4,5)51/h6-7,16-20,41,51H,8-15,21-22H2,1-5H3,(H,39,42,43). The summed E-state index contributed by atoms with van der Waals surface area (Å²) in [5.74, 6) is -0.898. The summed E-state index contributed by atoms with van der Waals surface area (Å²) in [4.78, 5) is 24.6. The van der Waals surface area contributed by atoms with Gasteiger partial charge in [0.05, 0.1) is 55.7 Å². The van der Waals surface area contributed by atoms with Crippen molar-refractivity contribution in [2.24, 2.45) is 0 Å². The fourth-order valence-corrected chi connectivity index (χ4v) is 5.93. The Labute approximate surface area is 314 Å². The minimum atomic E-state index is -4.75. The molecule has 1 fully saturated rings. The SMILES string of the molecule is CC(C)(O)Cn1cc(-c2nc(Nc3ccc(SNCCOCc4cn(CCN5CCN(C(=O)OC(C)(C)C)CC5)nn4)cc3F)ncc2C(F)(F)F)cn1. The zero-order valence-electron chi connectivity index (χ0n) is 30.7. The van der Waals surface area contributed by atoms with Gasteiger partial charge in [-0.15, -0.1) is 5.10 Å². The fraction of sp³-hybridized carbons (Fsp3) is 0.529. The highest BCUT2D eigenvalue weighted by atomic mass is 32.2. The van der Waals surface area contributed by atoms with Crippen molar-refractivity contribution in [3.63, 3.8) is 0 Å². The van der Waals surface area contributed by atoms with Crippen molar-refractivity contribution >= 4 is 29.7 Å². The number of rotatable bonds is 15. The van der Waals surface area contributed by atoms with Crippen molar-refractivity contribution < 1.29 is 36.9 Å². The van der Waals surface area contributed by atoms with Gasteiger partial charge in [0.1, 0.15) is 22.7 Å². The van der Waals surface area contributed by atoms with E-state index in [9.17, 15) is 23.1 Å². The molecule has 20 heteroatoms. The van der Waals surface area contributed by atoms with Crippen molar-refractivity contribution in [2.75, 3.05) is 51.2 Å². The van der Waals surface area contributed by atoms with Crippen LogP contribution in [0.5, 0.6) is 0 Å². The molecule has 0 atom stereocenters. The normalized spacial score (nSPS) is 14.4. The molecule has 3 N–H and O–H groups in total. The summed E-state index contributed by atoms with van der Waals surface area (Å²) in [6.07, 6.45) is -0.00650. The molecular weight excluding hydrogens is 735 g/mol. The lowest BCUT2D eigenvalue weighted by Crippen LogP contribution is -2.50. The predicted molar refractivity (Wildman–Crippen MR) is 192 cm³/mol. The van der Waals surface area contributed by atoms with Gasteiger partial charge >= 0.3 is 12.3 Å². The van der Waals surface area contributed by atoms with E-state index in [4.69, 9.17) is 9.47 Å². The van der Waals surface area contributed by atoms with Crippen LogP contribution in [0.1, 0.15) is 45.9 Å². The Balaban J connectivity index is 1.03. The molecular formula is C34H45F4N11O4S. The molecule has 0 radical (unpaired) electrons. The van der Waals surface area contributed by atoms with Crippen LogP contribution < -0.4 is 10.0 Å². The Bertz CT molecular complexity index is 1850. The van der Waals surface area contributed by atoms with Crippen LogP contribution in [0, 0.1) is 5.82 Å². The number of carbonyl (C=O) groups is 1. The molecule has 294 valence electrons. The number of hydrogen-bond acceptors (Lipinski definition) is 13. The fourth-order valence-electron chi connectivity index (χ4n) is 5.28. The average Bonchev–Trinajstić information content (AvgIpc) is 3.74. The number of anilines is 2.